The third-order valence-corrected chi connectivity index (χ3v) is 3.77. The van der Waals surface area contributed by atoms with Gasteiger partial charge in [0, 0.05) is 6.54 Å². The minimum Gasteiger partial charge on any atom is -0.354 e. The number of halogens is 1. The van der Waals surface area contributed by atoms with Gasteiger partial charge in [0.25, 0.3) is 0 Å². The van der Waals surface area contributed by atoms with Crippen LogP contribution in [0.4, 0.5) is 0 Å². The van der Waals surface area contributed by atoms with Crippen LogP contribution >= 0.6 is 11.6 Å². The molecule has 76 valence electrons. The first-order valence-electron chi connectivity index (χ1n) is 5.05. The zero-order chi connectivity index (χ0) is 9.90. The summed E-state index contributed by atoms with van der Waals surface area (Å²) >= 11 is 5.90. The molecule has 0 radical (unpaired) electrons. The summed E-state index contributed by atoms with van der Waals surface area (Å²) in [5, 5.41) is 2.60. The molecular weight excluding hydrogens is 186 g/mol. The summed E-state index contributed by atoms with van der Waals surface area (Å²) in [5.74, 6) is 0.00504. The summed E-state index contributed by atoms with van der Waals surface area (Å²) in [5.41, 5.74) is 0.291. The van der Waals surface area contributed by atoms with E-state index < -0.39 is 0 Å². The van der Waals surface area contributed by atoms with Gasteiger partial charge in [0.2, 0.25) is 5.91 Å². The topological polar surface area (TPSA) is 29.1 Å². The van der Waals surface area contributed by atoms with Gasteiger partial charge in [-0.3, -0.25) is 4.79 Å². The van der Waals surface area contributed by atoms with Gasteiger partial charge in [-0.1, -0.05) is 13.8 Å². The number of hydrogen-bond acceptors (Lipinski definition) is 1. The van der Waals surface area contributed by atoms with Gasteiger partial charge in [0.15, 0.2) is 0 Å². The smallest absolute Gasteiger partial charge is 0.238 e. The standard InChI is InChI=1S/C10H18ClNO/c1-3-10(4-2)6-5-8(11)9(13)12-7-10/h8H,3-7H2,1-2H3,(H,12,13). The Bertz CT molecular complexity index is 189. The molecule has 1 aliphatic heterocycles. The van der Waals surface area contributed by atoms with Crippen LogP contribution in [0.2, 0.25) is 0 Å². The first kappa shape index (κ1) is 10.8. The second kappa shape index (κ2) is 4.32. The highest BCUT2D eigenvalue weighted by atomic mass is 35.5. The van der Waals surface area contributed by atoms with E-state index in [2.05, 4.69) is 19.2 Å². The zero-order valence-corrected chi connectivity index (χ0v) is 9.16. The highest BCUT2D eigenvalue weighted by Crippen LogP contribution is 2.34. The molecule has 0 aliphatic carbocycles. The fraction of sp³-hybridized carbons (Fsp3) is 0.900. The van der Waals surface area contributed by atoms with Crippen molar-refractivity contribution in [2.75, 3.05) is 6.54 Å². The molecule has 0 aromatic heterocycles. The average Bonchev–Trinajstić information content (AvgIpc) is 2.30. The van der Waals surface area contributed by atoms with Crippen LogP contribution in [-0.2, 0) is 4.79 Å². The lowest BCUT2D eigenvalue weighted by Gasteiger charge is -2.29. The summed E-state index contributed by atoms with van der Waals surface area (Å²) in [6, 6.07) is 0. The number of rotatable bonds is 2. The minimum absolute atomic E-state index is 0.00504. The maximum Gasteiger partial charge on any atom is 0.238 e. The Hall–Kier alpha value is -0.240. The molecule has 0 saturated carbocycles. The molecule has 1 amide bonds. The summed E-state index contributed by atoms with van der Waals surface area (Å²) in [7, 11) is 0. The Kier molecular flexibility index (Phi) is 3.60. The normalized spacial score (nSPS) is 27.9. The molecule has 0 spiro atoms. The maximum absolute atomic E-state index is 11.3. The van der Waals surface area contributed by atoms with Crippen LogP contribution in [-0.4, -0.2) is 17.8 Å². The quantitative estimate of drug-likeness (QED) is 0.686. The van der Waals surface area contributed by atoms with Gasteiger partial charge in [-0.05, 0) is 31.1 Å². The Labute approximate surface area is 85.0 Å². The van der Waals surface area contributed by atoms with E-state index in [0.717, 1.165) is 32.2 Å². The van der Waals surface area contributed by atoms with Crippen molar-refractivity contribution < 1.29 is 4.79 Å². The largest absolute Gasteiger partial charge is 0.354 e. The number of hydrogen-bond donors (Lipinski definition) is 1. The van der Waals surface area contributed by atoms with Crippen molar-refractivity contribution >= 4 is 17.5 Å². The average molecular weight is 204 g/mol. The number of carbonyl (C=O) groups excluding carboxylic acids is 1. The van der Waals surface area contributed by atoms with Crippen molar-refractivity contribution in [1.29, 1.82) is 0 Å². The van der Waals surface area contributed by atoms with E-state index in [1.165, 1.54) is 0 Å². The first-order chi connectivity index (χ1) is 6.13. The van der Waals surface area contributed by atoms with Gasteiger partial charge >= 0.3 is 0 Å². The van der Waals surface area contributed by atoms with Crippen LogP contribution in [0.3, 0.4) is 0 Å². The third kappa shape index (κ3) is 2.37. The summed E-state index contributed by atoms with van der Waals surface area (Å²) < 4.78 is 0. The SMILES string of the molecule is CCC1(CC)CCC(Cl)C(=O)NC1. The monoisotopic (exact) mass is 203 g/mol. The molecule has 0 aromatic carbocycles. The van der Waals surface area contributed by atoms with Crippen molar-refractivity contribution in [3.05, 3.63) is 0 Å². The first-order valence-corrected chi connectivity index (χ1v) is 5.49. The number of nitrogens with one attached hydrogen (secondary N) is 1. The molecule has 3 heteroatoms. The van der Waals surface area contributed by atoms with Crippen LogP contribution in [0.25, 0.3) is 0 Å². The molecule has 1 atom stereocenters. The highest BCUT2D eigenvalue weighted by Gasteiger charge is 2.32. The Morgan fingerprint density at radius 2 is 2.15 bits per heavy atom. The lowest BCUT2D eigenvalue weighted by Crippen LogP contribution is -2.35. The zero-order valence-electron chi connectivity index (χ0n) is 8.40. The van der Waals surface area contributed by atoms with Crippen LogP contribution in [0.15, 0.2) is 0 Å². The Morgan fingerprint density at radius 3 is 2.69 bits per heavy atom. The molecule has 1 N–H and O–H groups in total. The molecule has 1 rings (SSSR count). The number of carbonyl (C=O) groups is 1. The summed E-state index contributed by atoms with van der Waals surface area (Å²) in [6.07, 6.45) is 4.11. The van der Waals surface area contributed by atoms with E-state index in [1.54, 1.807) is 0 Å². The Morgan fingerprint density at radius 1 is 1.54 bits per heavy atom. The predicted molar refractivity (Wildman–Crippen MR) is 54.9 cm³/mol. The van der Waals surface area contributed by atoms with Gasteiger partial charge in [-0.2, -0.15) is 0 Å². The van der Waals surface area contributed by atoms with Gasteiger partial charge < -0.3 is 5.32 Å². The van der Waals surface area contributed by atoms with Crippen LogP contribution in [0.1, 0.15) is 39.5 Å². The second-order valence-corrected chi connectivity index (χ2v) is 4.46. The maximum atomic E-state index is 11.3. The van der Waals surface area contributed by atoms with E-state index in [0.29, 0.717) is 5.41 Å². The van der Waals surface area contributed by atoms with Gasteiger partial charge in [0.1, 0.15) is 5.38 Å². The highest BCUT2D eigenvalue weighted by molar-refractivity contribution is 6.30. The molecular formula is C10H18ClNO. The summed E-state index contributed by atoms with van der Waals surface area (Å²) in [6.45, 7) is 5.16. The van der Waals surface area contributed by atoms with Crippen LogP contribution in [0, 0.1) is 5.41 Å². The van der Waals surface area contributed by atoms with Gasteiger partial charge in [-0.25, -0.2) is 0 Å². The predicted octanol–water partition coefficient (Wildman–Crippen LogP) is 2.31. The fourth-order valence-corrected chi connectivity index (χ4v) is 2.08. The molecule has 1 unspecified atom stereocenters. The lowest BCUT2D eigenvalue weighted by atomic mass is 9.78. The molecule has 13 heavy (non-hydrogen) atoms. The van der Waals surface area contributed by atoms with Crippen LogP contribution < -0.4 is 5.32 Å². The Balaban J connectivity index is 2.66. The van der Waals surface area contributed by atoms with Gasteiger partial charge in [-0.15, -0.1) is 11.6 Å². The minimum atomic E-state index is -0.319. The molecule has 1 saturated heterocycles. The molecule has 1 fully saturated rings. The van der Waals surface area contributed by atoms with Crippen molar-refractivity contribution in [3.63, 3.8) is 0 Å². The lowest BCUT2D eigenvalue weighted by molar-refractivity contribution is -0.120. The van der Waals surface area contributed by atoms with E-state index in [1.807, 2.05) is 0 Å². The van der Waals surface area contributed by atoms with Gasteiger partial charge in [0.05, 0.1) is 0 Å². The number of amides is 1. The van der Waals surface area contributed by atoms with E-state index >= 15 is 0 Å². The molecule has 2 nitrogen and oxygen atoms in total. The van der Waals surface area contributed by atoms with Crippen LogP contribution in [0.5, 0.6) is 0 Å². The fourth-order valence-electron chi connectivity index (χ4n) is 1.89. The molecule has 1 aliphatic rings. The molecule has 1 heterocycles. The van der Waals surface area contributed by atoms with Crippen molar-refractivity contribution in [2.45, 2.75) is 44.9 Å². The van der Waals surface area contributed by atoms with Crippen molar-refractivity contribution in [2.24, 2.45) is 5.41 Å². The van der Waals surface area contributed by atoms with E-state index in [-0.39, 0.29) is 11.3 Å². The van der Waals surface area contributed by atoms with E-state index in [4.69, 9.17) is 11.6 Å². The molecule has 0 bridgehead atoms. The second-order valence-electron chi connectivity index (χ2n) is 3.93. The molecule has 0 aromatic rings. The van der Waals surface area contributed by atoms with Crippen molar-refractivity contribution in [3.8, 4) is 0 Å². The number of alkyl halides is 1. The van der Waals surface area contributed by atoms with E-state index in [9.17, 15) is 4.79 Å². The third-order valence-electron chi connectivity index (χ3n) is 3.35. The van der Waals surface area contributed by atoms with Crippen molar-refractivity contribution in [1.82, 2.24) is 5.32 Å². The summed E-state index contributed by atoms with van der Waals surface area (Å²) in [4.78, 5) is 11.3.